The standard InChI is InChI=1S/C9H13.C5H5.C2H5.3ClH.H2Si.Zr/c1-6-5-7(2)9(4)8(6)3;1-2-4-5-3-1;1-2;;;;;/h6H,1-4H3;1-3H,4H2;1H2,2H3;3*1H;1H2;/q;;;;;;;+1/p-1. The van der Waals surface area contributed by atoms with Crippen molar-refractivity contribution in [2.75, 3.05) is 0 Å². The summed E-state index contributed by atoms with van der Waals surface area (Å²) in [6.07, 6.45) is 7.84. The summed E-state index contributed by atoms with van der Waals surface area (Å²) < 4.78 is 4.34. The molecule has 0 amide bonds. The van der Waals surface area contributed by atoms with Crippen molar-refractivity contribution < 1.29 is 16.2 Å². The summed E-state index contributed by atoms with van der Waals surface area (Å²) in [6, 6.07) is 0. The van der Waals surface area contributed by atoms with Gasteiger partial charge < -0.3 is 0 Å². The van der Waals surface area contributed by atoms with E-state index in [4.69, 9.17) is 8.51 Å². The minimum atomic E-state index is -3.45. The van der Waals surface area contributed by atoms with E-state index < -0.39 is 16.2 Å². The van der Waals surface area contributed by atoms with E-state index in [0.29, 0.717) is 5.92 Å². The topological polar surface area (TPSA) is 0 Å². The van der Waals surface area contributed by atoms with Gasteiger partial charge in [-0.3, -0.25) is 0 Å². The van der Waals surface area contributed by atoms with Gasteiger partial charge in [0, 0.05) is 0 Å². The largest absolute Gasteiger partial charge is 0.147 e. The Hall–Kier alpha value is 0.930. The van der Waals surface area contributed by atoms with E-state index >= 15 is 0 Å². The van der Waals surface area contributed by atoms with Crippen LogP contribution in [0.25, 0.3) is 0 Å². The van der Waals surface area contributed by atoms with Crippen LogP contribution in [0.15, 0.2) is 41.5 Å². The molecule has 0 radical (unpaired) electrons. The van der Waals surface area contributed by atoms with Crippen LogP contribution in [0.4, 0.5) is 0 Å². The molecule has 0 spiro atoms. The molecule has 0 fully saturated rings. The van der Waals surface area contributed by atoms with Gasteiger partial charge in [0.2, 0.25) is 0 Å². The molecule has 0 aliphatic heterocycles. The van der Waals surface area contributed by atoms with Gasteiger partial charge in [-0.15, -0.1) is 24.8 Å². The SMILES string of the molecule is C[CH2][Zr](=[SiH2])([Cl])([C]1=CC=CC1)[C]1=C(C)C(C)=C(C)C1C.Cl.Cl. The van der Waals surface area contributed by atoms with Crippen LogP contribution >= 0.6 is 33.3 Å². The summed E-state index contributed by atoms with van der Waals surface area (Å²) in [5.41, 5.74) is 4.51. The van der Waals surface area contributed by atoms with Crippen LogP contribution in [0.2, 0.25) is 4.13 Å². The minimum Gasteiger partial charge on any atom is -0.147 e. The third-order valence-electron chi connectivity index (χ3n) is 5.50. The van der Waals surface area contributed by atoms with Crippen molar-refractivity contribution in [3.05, 3.63) is 41.5 Å². The van der Waals surface area contributed by atoms with Gasteiger partial charge in [-0.1, -0.05) is 0 Å². The van der Waals surface area contributed by atoms with Gasteiger partial charge in [-0.2, -0.15) is 0 Å². The first kappa shape index (κ1) is 21.9. The Balaban J connectivity index is 0.00000200. The summed E-state index contributed by atoms with van der Waals surface area (Å²) in [6.45, 7) is 13.7. The molecule has 0 saturated heterocycles. The van der Waals surface area contributed by atoms with Crippen molar-refractivity contribution in [1.29, 1.82) is 0 Å². The maximum absolute atomic E-state index is 7.54. The van der Waals surface area contributed by atoms with E-state index in [2.05, 4.69) is 59.7 Å². The molecule has 0 aromatic rings. The van der Waals surface area contributed by atoms with Crippen LogP contribution in [0.5, 0.6) is 0 Å². The molecule has 2 aliphatic carbocycles. The van der Waals surface area contributed by atoms with Crippen LogP contribution in [-0.2, 0) is 16.2 Å². The predicted molar refractivity (Wildman–Crippen MR) is 101 cm³/mol. The molecule has 2 rings (SSSR count). The second-order valence-electron chi connectivity index (χ2n) is 6.28. The Morgan fingerprint density at radius 3 is 2.14 bits per heavy atom. The molecule has 0 aromatic heterocycles. The minimum absolute atomic E-state index is 0. The zero-order chi connectivity index (χ0) is 14.4. The summed E-state index contributed by atoms with van der Waals surface area (Å²) in [4.78, 5) is 0. The Morgan fingerprint density at radius 2 is 1.81 bits per heavy atom. The maximum Gasteiger partial charge on any atom is -0.147 e. The van der Waals surface area contributed by atoms with Gasteiger partial charge in [-0.25, -0.2) is 0 Å². The first-order valence-electron chi connectivity index (χ1n) is 7.23. The first-order valence-corrected chi connectivity index (χ1v) is 20.5. The van der Waals surface area contributed by atoms with Crippen molar-refractivity contribution >= 4 is 40.2 Å². The molecule has 21 heavy (non-hydrogen) atoms. The quantitative estimate of drug-likeness (QED) is 0.485. The van der Waals surface area contributed by atoms with Gasteiger partial charge in [0.05, 0.1) is 0 Å². The van der Waals surface area contributed by atoms with Gasteiger partial charge >= 0.3 is 124 Å². The predicted octanol–water partition coefficient (Wildman–Crippen LogP) is 5.76. The molecule has 0 nitrogen and oxygen atoms in total. The molecule has 0 bridgehead atoms. The maximum atomic E-state index is 7.54. The summed E-state index contributed by atoms with van der Waals surface area (Å²) in [5, 5.41) is 0. The van der Waals surface area contributed by atoms with E-state index in [1.165, 1.54) is 16.7 Å². The van der Waals surface area contributed by atoms with Crippen LogP contribution in [-0.4, -0.2) is 6.88 Å². The Kier molecular flexibility index (Phi) is 7.54. The van der Waals surface area contributed by atoms with E-state index in [9.17, 15) is 0 Å². The van der Waals surface area contributed by atoms with Crippen molar-refractivity contribution in [2.45, 2.75) is 45.2 Å². The van der Waals surface area contributed by atoms with E-state index in [1.807, 2.05) is 0 Å². The molecule has 0 heterocycles. The van der Waals surface area contributed by atoms with Crippen molar-refractivity contribution in [2.24, 2.45) is 5.92 Å². The summed E-state index contributed by atoms with van der Waals surface area (Å²) >= 11 is -3.45. The number of hydrogen-bond acceptors (Lipinski definition) is 0. The van der Waals surface area contributed by atoms with E-state index in [1.54, 1.807) is 6.56 Å². The van der Waals surface area contributed by atoms with Crippen LogP contribution < -0.4 is 0 Å². The van der Waals surface area contributed by atoms with Crippen molar-refractivity contribution in [1.82, 2.24) is 0 Å². The third kappa shape index (κ3) is 3.26. The molecular formula is C16H27Cl3SiZr. The monoisotopic (exact) mass is 442 g/mol. The molecule has 2 aliphatic rings. The Morgan fingerprint density at radius 1 is 1.24 bits per heavy atom. The molecule has 0 aromatic carbocycles. The number of rotatable bonds is 3. The third-order valence-corrected chi connectivity index (χ3v) is 30.8. The molecule has 5 heteroatoms. The number of allylic oxidation sites excluding steroid dienone is 8. The van der Waals surface area contributed by atoms with Crippen LogP contribution in [0.3, 0.4) is 0 Å². The fourth-order valence-electron chi connectivity index (χ4n) is 3.75. The van der Waals surface area contributed by atoms with Gasteiger partial charge in [0.15, 0.2) is 0 Å². The Labute approximate surface area is 148 Å². The van der Waals surface area contributed by atoms with E-state index in [0.717, 1.165) is 10.5 Å². The van der Waals surface area contributed by atoms with Crippen molar-refractivity contribution in [3.63, 3.8) is 0 Å². The van der Waals surface area contributed by atoms with Crippen LogP contribution in [0.1, 0.15) is 41.0 Å². The molecular weight excluding hydrogens is 418 g/mol. The molecule has 120 valence electrons. The smallest absolute Gasteiger partial charge is 0.147 e. The van der Waals surface area contributed by atoms with Gasteiger partial charge in [0.1, 0.15) is 0 Å². The Bertz CT molecular complexity index is 625. The van der Waals surface area contributed by atoms with Crippen LogP contribution in [0, 0.1) is 5.92 Å². The summed E-state index contributed by atoms with van der Waals surface area (Å²) in [7, 11) is 7.54. The first-order chi connectivity index (χ1) is 8.73. The zero-order valence-corrected chi connectivity index (χ0v) is 19.9. The van der Waals surface area contributed by atoms with Gasteiger partial charge in [-0.05, 0) is 0 Å². The zero-order valence-electron chi connectivity index (χ0n) is 13.6. The average molecular weight is 445 g/mol. The molecule has 1 atom stereocenters. The number of halogens is 3. The fraction of sp³-hybridized carbons (Fsp3) is 0.500. The normalized spacial score (nSPS) is 22.2. The second-order valence-corrected chi connectivity index (χ2v) is 35.8. The second kappa shape index (κ2) is 7.22. The van der Waals surface area contributed by atoms with E-state index in [-0.39, 0.29) is 24.8 Å². The number of hydrogen-bond donors (Lipinski definition) is 0. The van der Waals surface area contributed by atoms with Gasteiger partial charge in [0.25, 0.3) is 0 Å². The average Bonchev–Trinajstić information content (AvgIpc) is 2.97. The van der Waals surface area contributed by atoms with Crippen molar-refractivity contribution in [3.8, 4) is 0 Å². The summed E-state index contributed by atoms with van der Waals surface area (Å²) in [5.74, 6) is 0.544. The molecule has 0 saturated carbocycles. The fourth-order valence-corrected chi connectivity index (χ4v) is 22.4. The molecule has 1 unspecified atom stereocenters. The molecule has 0 N–H and O–H groups in total.